The zero-order valence-corrected chi connectivity index (χ0v) is 17.6. The molecule has 9 heteroatoms. The lowest BCUT2D eigenvalue weighted by Gasteiger charge is -2.46. The average molecular weight is 422 g/mol. The summed E-state index contributed by atoms with van der Waals surface area (Å²) in [7, 11) is 2.00. The second-order valence-electron chi connectivity index (χ2n) is 8.44. The number of carboxylic acid groups (broad SMARTS) is 1. The van der Waals surface area contributed by atoms with Crippen LogP contribution in [-0.4, -0.2) is 92.8 Å². The fourth-order valence-corrected chi connectivity index (χ4v) is 6.33. The molecule has 4 rings (SSSR count). The van der Waals surface area contributed by atoms with Gasteiger partial charge in [0.1, 0.15) is 5.70 Å². The molecule has 4 aliphatic heterocycles. The Kier molecular flexibility index (Phi) is 5.25. The summed E-state index contributed by atoms with van der Waals surface area (Å²) in [6.07, 6.45) is 3.59. The Morgan fingerprint density at radius 2 is 2.00 bits per heavy atom. The van der Waals surface area contributed by atoms with E-state index >= 15 is 0 Å². The van der Waals surface area contributed by atoms with Gasteiger partial charge < -0.3 is 20.0 Å². The number of hydrogen-bond acceptors (Lipinski definition) is 6. The summed E-state index contributed by atoms with van der Waals surface area (Å²) in [5.41, 5.74) is 0.0766. The number of thioether (sulfide) groups is 1. The third-order valence-corrected chi connectivity index (χ3v) is 7.88. The molecule has 3 fully saturated rings. The van der Waals surface area contributed by atoms with Gasteiger partial charge in [0.25, 0.3) is 0 Å². The van der Waals surface area contributed by atoms with Crippen LogP contribution in [0.3, 0.4) is 0 Å². The van der Waals surface area contributed by atoms with Crippen LogP contribution in [0.1, 0.15) is 20.3 Å². The van der Waals surface area contributed by atoms with Crippen molar-refractivity contribution in [3.63, 3.8) is 0 Å². The van der Waals surface area contributed by atoms with Crippen LogP contribution in [0, 0.1) is 11.8 Å². The molecule has 0 aromatic rings. The predicted octanol–water partition coefficient (Wildman–Crippen LogP) is 0.344. The summed E-state index contributed by atoms with van der Waals surface area (Å²) in [6, 6.07) is -0.151. The van der Waals surface area contributed by atoms with Crippen LogP contribution in [0.25, 0.3) is 0 Å². The molecule has 8 nitrogen and oxygen atoms in total. The quantitative estimate of drug-likeness (QED) is 0.362. The molecule has 0 bridgehead atoms. The Labute approximate surface area is 174 Å². The van der Waals surface area contributed by atoms with E-state index in [1.54, 1.807) is 17.9 Å². The number of rotatable bonds is 6. The maximum absolute atomic E-state index is 12.4. The number of β-lactam (4-membered cyclic amide) rings is 1. The van der Waals surface area contributed by atoms with Gasteiger partial charge in [0, 0.05) is 47.8 Å². The van der Waals surface area contributed by atoms with Gasteiger partial charge >= 0.3 is 5.97 Å². The third kappa shape index (κ3) is 3.49. The van der Waals surface area contributed by atoms with Crippen LogP contribution >= 0.6 is 11.8 Å². The van der Waals surface area contributed by atoms with Crippen LogP contribution < -0.4 is 0 Å². The topological polar surface area (TPSA) is 101 Å². The number of amides is 2. The van der Waals surface area contributed by atoms with E-state index in [-0.39, 0.29) is 40.8 Å². The van der Waals surface area contributed by atoms with Crippen molar-refractivity contribution < 1.29 is 24.6 Å². The lowest BCUT2D eigenvalue weighted by molar-refractivity contribution is -0.163. The zero-order chi connectivity index (χ0) is 21.0. The standard InChI is InChI=1S/C20H27N3O5S/c1-10-16-15(11(2)24)19(26)23(16)17(20(27)28)18(10)29-13-8-12(21(3)9-13)4-5-14(25)22-6-7-22/h4-5,10-13,15-16,24H,6-9H2,1-3H3,(H,27,28)/b5-4+/t10-,11-,12-,13+,15-,16-/m1/s1. The highest BCUT2D eigenvalue weighted by molar-refractivity contribution is 8.03. The SMILES string of the molecule is C[C@@H](O)[C@H]1C(=O)N2C(C(=O)O)=C(S[C@H]3C[C@@H](/C=C/C(=O)N4CC4)N(C)C3)[C@H](C)[C@H]12. The van der Waals surface area contributed by atoms with Crippen LogP contribution in [0.5, 0.6) is 0 Å². The minimum Gasteiger partial charge on any atom is -0.477 e. The van der Waals surface area contributed by atoms with E-state index in [0.29, 0.717) is 0 Å². The van der Waals surface area contributed by atoms with Gasteiger partial charge in [-0.15, -0.1) is 11.8 Å². The molecule has 4 aliphatic rings. The van der Waals surface area contributed by atoms with E-state index in [0.717, 1.165) is 31.0 Å². The minimum absolute atomic E-state index is 0.0434. The number of nitrogens with zero attached hydrogens (tertiary/aromatic N) is 3. The first-order chi connectivity index (χ1) is 13.7. The molecule has 0 unspecified atom stereocenters. The monoisotopic (exact) mass is 421 g/mol. The summed E-state index contributed by atoms with van der Waals surface area (Å²) in [5.74, 6) is -2.01. The summed E-state index contributed by atoms with van der Waals surface area (Å²) in [6.45, 7) is 5.96. The molecule has 0 aromatic carbocycles. The number of carboxylic acids is 1. The van der Waals surface area contributed by atoms with Crippen molar-refractivity contribution in [2.45, 2.75) is 43.7 Å². The number of aliphatic hydroxyl groups excluding tert-OH is 1. The molecule has 29 heavy (non-hydrogen) atoms. The molecule has 0 aliphatic carbocycles. The smallest absolute Gasteiger partial charge is 0.353 e. The van der Waals surface area contributed by atoms with Crippen molar-refractivity contribution in [2.24, 2.45) is 11.8 Å². The van der Waals surface area contributed by atoms with E-state index in [4.69, 9.17) is 0 Å². The molecule has 3 saturated heterocycles. The second-order valence-corrected chi connectivity index (χ2v) is 9.78. The molecule has 0 saturated carbocycles. The fourth-order valence-electron chi connectivity index (χ4n) is 4.72. The largest absolute Gasteiger partial charge is 0.477 e. The molecule has 0 radical (unpaired) electrons. The number of likely N-dealkylation sites (N-methyl/N-ethyl adjacent to an activating group) is 1. The average Bonchev–Trinajstić information content (AvgIpc) is 3.39. The zero-order valence-electron chi connectivity index (χ0n) is 16.8. The Morgan fingerprint density at radius 3 is 2.59 bits per heavy atom. The first-order valence-corrected chi connectivity index (χ1v) is 10.9. The number of likely N-dealkylation sites (tertiary alicyclic amines) is 1. The number of carbonyl (C=O) groups is 3. The highest BCUT2D eigenvalue weighted by Gasteiger charge is 2.60. The molecule has 2 amide bonds. The van der Waals surface area contributed by atoms with E-state index in [2.05, 4.69) is 4.90 Å². The van der Waals surface area contributed by atoms with Crippen molar-refractivity contribution in [3.05, 3.63) is 22.8 Å². The molecular weight excluding hydrogens is 394 g/mol. The number of fused-ring (bicyclic) bond motifs is 1. The summed E-state index contributed by atoms with van der Waals surface area (Å²) in [4.78, 5) is 42.3. The highest BCUT2D eigenvalue weighted by atomic mass is 32.2. The molecule has 2 N–H and O–H groups in total. The van der Waals surface area contributed by atoms with Crippen molar-refractivity contribution in [1.82, 2.24) is 14.7 Å². The number of aliphatic carboxylic acids is 1. The first kappa shape index (κ1) is 20.4. The van der Waals surface area contributed by atoms with Gasteiger partial charge in [-0.05, 0) is 20.4 Å². The van der Waals surface area contributed by atoms with Gasteiger partial charge in [-0.25, -0.2) is 4.79 Å². The van der Waals surface area contributed by atoms with Crippen molar-refractivity contribution >= 4 is 29.5 Å². The number of hydrogen-bond donors (Lipinski definition) is 2. The van der Waals surface area contributed by atoms with Crippen LogP contribution in [0.15, 0.2) is 22.8 Å². The molecular formula is C20H27N3O5S. The Morgan fingerprint density at radius 1 is 1.31 bits per heavy atom. The van der Waals surface area contributed by atoms with Crippen LogP contribution in [0.4, 0.5) is 0 Å². The summed E-state index contributed by atoms with van der Waals surface area (Å²) >= 11 is 1.54. The van der Waals surface area contributed by atoms with Crippen LogP contribution in [-0.2, 0) is 14.4 Å². The Balaban J connectivity index is 1.47. The van der Waals surface area contributed by atoms with Gasteiger partial charge in [-0.1, -0.05) is 13.0 Å². The normalized spacial score (nSPS) is 35.3. The molecule has 0 aromatic heterocycles. The number of aliphatic hydroxyl groups is 1. The van der Waals surface area contributed by atoms with Gasteiger partial charge in [0.05, 0.1) is 18.1 Å². The van der Waals surface area contributed by atoms with Crippen molar-refractivity contribution in [2.75, 3.05) is 26.7 Å². The van der Waals surface area contributed by atoms with Gasteiger partial charge in [0.2, 0.25) is 11.8 Å². The third-order valence-electron chi connectivity index (χ3n) is 6.39. The molecule has 6 atom stereocenters. The molecule has 4 heterocycles. The minimum atomic E-state index is -1.09. The predicted molar refractivity (Wildman–Crippen MR) is 108 cm³/mol. The van der Waals surface area contributed by atoms with E-state index in [1.165, 1.54) is 16.7 Å². The van der Waals surface area contributed by atoms with E-state index in [9.17, 15) is 24.6 Å². The van der Waals surface area contributed by atoms with Gasteiger partial charge in [-0.3, -0.25) is 14.5 Å². The van der Waals surface area contributed by atoms with Crippen LogP contribution in [0.2, 0.25) is 0 Å². The van der Waals surface area contributed by atoms with Crippen molar-refractivity contribution in [1.29, 1.82) is 0 Å². The second kappa shape index (κ2) is 7.45. The maximum Gasteiger partial charge on any atom is 0.353 e. The maximum atomic E-state index is 12.4. The molecule has 158 valence electrons. The lowest BCUT2D eigenvalue weighted by Crippen LogP contribution is -2.63. The van der Waals surface area contributed by atoms with Gasteiger partial charge in [-0.2, -0.15) is 0 Å². The first-order valence-electron chi connectivity index (χ1n) is 10.0. The highest BCUT2D eigenvalue weighted by Crippen LogP contribution is 2.52. The van der Waals surface area contributed by atoms with Crippen molar-refractivity contribution in [3.8, 4) is 0 Å². The lowest BCUT2D eigenvalue weighted by atomic mass is 9.79. The van der Waals surface area contributed by atoms with E-state index in [1.807, 2.05) is 20.0 Å². The fraction of sp³-hybridized carbons (Fsp3) is 0.650. The van der Waals surface area contributed by atoms with E-state index < -0.39 is 18.0 Å². The number of carbonyl (C=O) groups excluding carboxylic acids is 2. The van der Waals surface area contributed by atoms with Gasteiger partial charge in [0.15, 0.2) is 0 Å². The Bertz CT molecular complexity index is 806. The summed E-state index contributed by atoms with van der Waals surface area (Å²) in [5, 5.41) is 19.9. The Hall–Kier alpha value is -1.84. The molecule has 0 spiro atoms. The summed E-state index contributed by atoms with van der Waals surface area (Å²) < 4.78 is 0.